The number of fused-ring (bicyclic) bond motifs is 2. The van der Waals surface area contributed by atoms with Gasteiger partial charge in [0.05, 0.1) is 35.1 Å². The number of nitrogens with one attached hydrogen (secondary N) is 1. The zero-order valence-corrected chi connectivity index (χ0v) is 19.1. The largest absolute Gasteiger partial charge is 0.493 e. The van der Waals surface area contributed by atoms with E-state index in [1.807, 2.05) is 61.5 Å². The molecule has 0 saturated carbocycles. The zero-order valence-electron chi connectivity index (χ0n) is 18.2. The van der Waals surface area contributed by atoms with E-state index in [9.17, 15) is 0 Å². The van der Waals surface area contributed by atoms with Gasteiger partial charge in [-0.1, -0.05) is 24.3 Å². The fourth-order valence-electron chi connectivity index (χ4n) is 3.54. The SMILES string of the molecule is CCOc1ccccc1Nc1ncnc2cc(OC)c(OCc3nc4ccccc4s3)cc12. The Hall–Kier alpha value is -3.91. The number of rotatable bonds is 8. The Morgan fingerprint density at radius 3 is 2.58 bits per heavy atom. The van der Waals surface area contributed by atoms with Crippen LogP contribution in [-0.4, -0.2) is 28.7 Å². The molecule has 5 rings (SSSR count). The van der Waals surface area contributed by atoms with Crippen LogP contribution in [0.5, 0.6) is 17.2 Å². The fourth-order valence-corrected chi connectivity index (χ4v) is 4.42. The number of ether oxygens (including phenoxy) is 3. The van der Waals surface area contributed by atoms with Crippen molar-refractivity contribution in [2.24, 2.45) is 0 Å². The van der Waals surface area contributed by atoms with Gasteiger partial charge in [-0.05, 0) is 37.3 Å². The molecule has 0 aliphatic heterocycles. The van der Waals surface area contributed by atoms with Crippen molar-refractivity contribution in [2.75, 3.05) is 19.0 Å². The summed E-state index contributed by atoms with van der Waals surface area (Å²) in [5.41, 5.74) is 2.54. The van der Waals surface area contributed by atoms with Gasteiger partial charge in [-0.3, -0.25) is 0 Å². The average molecular weight is 459 g/mol. The van der Waals surface area contributed by atoms with E-state index in [-0.39, 0.29) is 0 Å². The molecule has 0 aliphatic rings. The Balaban J connectivity index is 1.47. The Morgan fingerprint density at radius 1 is 0.879 bits per heavy atom. The lowest BCUT2D eigenvalue weighted by Crippen LogP contribution is -2.01. The molecule has 3 aromatic carbocycles. The van der Waals surface area contributed by atoms with Crippen molar-refractivity contribution in [2.45, 2.75) is 13.5 Å². The maximum Gasteiger partial charge on any atom is 0.162 e. The number of methoxy groups -OCH3 is 1. The van der Waals surface area contributed by atoms with Crippen LogP contribution in [0.1, 0.15) is 11.9 Å². The summed E-state index contributed by atoms with van der Waals surface area (Å²) < 4.78 is 18.6. The van der Waals surface area contributed by atoms with Gasteiger partial charge < -0.3 is 19.5 Å². The summed E-state index contributed by atoms with van der Waals surface area (Å²) in [5, 5.41) is 5.08. The van der Waals surface area contributed by atoms with Gasteiger partial charge in [-0.2, -0.15) is 0 Å². The van der Waals surface area contributed by atoms with Crippen molar-refractivity contribution in [3.63, 3.8) is 0 Å². The summed E-state index contributed by atoms with van der Waals surface area (Å²) in [7, 11) is 1.62. The lowest BCUT2D eigenvalue weighted by atomic mass is 10.2. The van der Waals surface area contributed by atoms with Crippen molar-refractivity contribution >= 4 is 44.0 Å². The number of thiazole rings is 1. The Kier molecular flexibility index (Phi) is 5.91. The first-order valence-electron chi connectivity index (χ1n) is 10.5. The molecule has 166 valence electrons. The van der Waals surface area contributed by atoms with Gasteiger partial charge in [0.1, 0.15) is 29.5 Å². The van der Waals surface area contributed by atoms with Gasteiger partial charge in [0.15, 0.2) is 11.5 Å². The number of hydrogen-bond donors (Lipinski definition) is 1. The average Bonchev–Trinajstić information content (AvgIpc) is 3.27. The van der Waals surface area contributed by atoms with Gasteiger partial charge in [-0.15, -0.1) is 11.3 Å². The molecule has 0 bridgehead atoms. The summed E-state index contributed by atoms with van der Waals surface area (Å²) in [6.07, 6.45) is 1.52. The maximum absolute atomic E-state index is 6.13. The number of para-hydroxylation sites is 3. The second-order valence-corrected chi connectivity index (χ2v) is 8.28. The Morgan fingerprint density at radius 2 is 1.73 bits per heavy atom. The molecule has 0 spiro atoms. The summed E-state index contributed by atoms with van der Waals surface area (Å²) in [6.45, 7) is 2.87. The summed E-state index contributed by atoms with van der Waals surface area (Å²) in [4.78, 5) is 13.5. The minimum absolute atomic E-state index is 0.338. The molecule has 0 fully saturated rings. The van der Waals surface area contributed by atoms with Crippen molar-refractivity contribution in [1.29, 1.82) is 0 Å². The second-order valence-electron chi connectivity index (χ2n) is 7.16. The van der Waals surface area contributed by atoms with Gasteiger partial charge in [0.2, 0.25) is 0 Å². The van der Waals surface area contributed by atoms with Crippen LogP contribution >= 0.6 is 11.3 Å². The van der Waals surface area contributed by atoms with E-state index in [2.05, 4.69) is 26.3 Å². The quantitative estimate of drug-likeness (QED) is 0.307. The molecule has 0 aliphatic carbocycles. The molecule has 0 unspecified atom stereocenters. The molecule has 0 atom stereocenters. The summed E-state index contributed by atoms with van der Waals surface area (Å²) in [6, 6.07) is 19.6. The summed E-state index contributed by atoms with van der Waals surface area (Å²) in [5.74, 6) is 2.61. The number of benzene rings is 3. The van der Waals surface area contributed by atoms with E-state index in [0.717, 1.165) is 37.6 Å². The van der Waals surface area contributed by atoms with Gasteiger partial charge >= 0.3 is 0 Å². The van der Waals surface area contributed by atoms with Crippen LogP contribution in [0.25, 0.3) is 21.1 Å². The lowest BCUT2D eigenvalue weighted by Gasteiger charge is -2.15. The van der Waals surface area contributed by atoms with E-state index in [1.54, 1.807) is 18.4 Å². The molecular weight excluding hydrogens is 436 g/mol. The number of aromatic nitrogens is 3. The van der Waals surface area contributed by atoms with Crippen LogP contribution in [0.3, 0.4) is 0 Å². The first kappa shape index (κ1) is 21.0. The third-order valence-corrected chi connectivity index (χ3v) is 6.06. The van der Waals surface area contributed by atoms with Crippen molar-refractivity contribution in [3.8, 4) is 17.2 Å². The zero-order chi connectivity index (χ0) is 22.6. The molecule has 2 aromatic heterocycles. The molecule has 0 amide bonds. The first-order valence-corrected chi connectivity index (χ1v) is 11.4. The highest BCUT2D eigenvalue weighted by Crippen LogP contribution is 2.36. The monoisotopic (exact) mass is 458 g/mol. The van der Waals surface area contributed by atoms with Crippen LogP contribution in [-0.2, 0) is 6.61 Å². The fraction of sp³-hybridized carbons (Fsp3) is 0.160. The molecule has 8 heteroatoms. The highest BCUT2D eigenvalue weighted by atomic mass is 32.1. The van der Waals surface area contributed by atoms with Crippen LogP contribution in [0, 0.1) is 0 Å². The molecule has 1 N–H and O–H groups in total. The minimum atomic E-state index is 0.338. The molecule has 0 radical (unpaired) electrons. The van der Waals surface area contributed by atoms with Crippen LogP contribution in [0.15, 0.2) is 67.0 Å². The van der Waals surface area contributed by atoms with E-state index in [1.165, 1.54) is 6.33 Å². The summed E-state index contributed by atoms with van der Waals surface area (Å²) >= 11 is 1.62. The number of nitrogens with zero attached hydrogens (tertiary/aromatic N) is 3. The molecule has 5 aromatic rings. The van der Waals surface area contributed by atoms with E-state index in [0.29, 0.717) is 30.5 Å². The normalized spacial score (nSPS) is 11.0. The van der Waals surface area contributed by atoms with E-state index >= 15 is 0 Å². The van der Waals surface area contributed by atoms with Crippen molar-refractivity contribution in [1.82, 2.24) is 15.0 Å². The van der Waals surface area contributed by atoms with Crippen molar-refractivity contribution < 1.29 is 14.2 Å². The number of hydrogen-bond acceptors (Lipinski definition) is 8. The predicted octanol–water partition coefficient (Wildman–Crippen LogP) is 5.97. The number of anilines is 2. The third-order valence-electron chi connectivity index (χ3n) is 5.05. The third kappa shape index (κ3) is 4.38. The standard InChI is InChI=1S/C25H22N4O3S/c1-3-31-20-10-6-4-8-17(20)29-25-16-12-22(21(30-2)13-19(16)26-15-27-25)32-14-24-28-18-9-5-7-11-23(18)33-24/h4-13,15H,3,14H2,1-2H3,(H,26,27,29). The highest BCUT2D eigenvalue weighted by molar-refractivity contribution is 7.18. The molecule has 7 nitrogen and oxygen atoms in total. The van der Waals surface area contributed by atoms with Gasteiger partial charge in [0.25, 0.3) is 0 Å². The Bertz CT molecular complexity index is 1390. The topological polar surface area (TPSA) is 78.4 Å². The second kappa shape index (κ2) is 9.30. The smallest absolute Gasteiger partial charge is 0.162 e. The predicted molar refractivity (Wildman–Crippen MR) is 131 cm³/mol. The van der Waals surface area contributed by atoms with Gasteiger partial charge in [-0.25, -0.2) is 15.0 Å². The molecule has 0 saturated heterocycles. The Labute approximate surface area is 195 Å². The lowest BCUT2D eigenvalue weighted by molar-refractivity contribution is 0.285. The van der Waals surface area contributed by atoms with Crippen LogP contribution in [0.4, 0.5) is 11.5 Å². The first-order chi connectivity index (χ1) is 16.2. The van der Waals surface area contributed by atoms with Crippen LogP contribution < -0.4 is 19.5 Å². The van der Waals surface area contributed by atoms with Crippen molar-refractivity contribution in [3.05, 3.63) is 72.0 Å². The molecule has 2 heterocycles. The minimum Gasteiger partial charge on any atom is -0.493 e. The molecule has 33 heavy (non-hydrogen) atoms. The van der Waals surface area contributed by atoms with E-state index in [4.69, 9.17) is 14.2 Å². The maximum atomic E-state index is 6.13. The highest BCUT2D eigenvalue weighted by Gasteiger charge is 2.14. The molecular formula is C25H22N4O3S. The van der Waals surface area contributed by atoms with E-state index < -0.39 is 0 Å². The van der Waals surface area contributed by atoms with Gasteiger partial charge in [0, 0.05) is 11.5 Å². The van der Waals surface area contributed by atoms with Crippen LogP contribution in [0.2, 0.25) is 0 Å².